The number of hydrogen-bond donors (Lipinski definition) is 0. The first-order valence-corrected chi connectivity index (χ1v) is 7.08. The zero-order valence-corrected chi connectivity index (χ0v) is 12.9. The minimum absolute atomic E-state index is 8.25. The van der Waals surface area contributed by atoms with Gasteiger partial charge in [-0.1, -0.05) is 0 Å². The molecule has 0 aromatic heterocycles. The van der Waals surface area contributed by atoms with Gasteiger partial charge in [-0.15, -0.1) is 0 Å². The molecule has 1 atom stereocenters. The van der Waals surface area contributed by atoms with Crippen LogP contribution in [0.4, 0.5) is 74.6 Å². The van der Waals surface area contributed by atoms with E-state index < -0.39 is 57.1 Å². The van der Waals surface area contributed by atoms with Crippen molar-refractivity contribution in [2.45, 2.75) is 47.0 Å². The van der Waals surface area contributed by atoms with Crippen LogP contribution in [0.5, 0.6) is 0 Å². The molecule has 1 unspecified atom stereocenters. The summed E-state index contributed by atoms with van der Waals surface area (Å²) >= 11 is 0. The van der Waals surface area contributed by atoms with Crippen molar-refractivity contribution in [2.75, 3.05) is 0 Å². The average molecular weight is 499 g/mol. The largest absolute Gasteiger partial charge is 0.745 e. The van der Waals surface area contributed by atoms with Gasteiger partial charge < -0.3 is 4.55 Å². The van der Waals surface area contributed by atoms with E-state index in [1.165, 1.54) is 0 Å². The molecule has 0 N–H and O–H groups in total. The first-order valence-electron chi connectivity index (χ1n) is 5.67. The topological polar surface area (TPSA) is 57.2 Å². The number of halogens is 17. The van der Waals surface area contributed by atoms with Crippen molar-refractivity contribution in [1.29, 1.82) is 0 Å². The Kier molecular flexibility index (Phi) is 6.08. The van der Waals surface area contributed by atoms with E-state index in [0.29, 0.717) is 0 Å². The van der Waals surface area contributed by atoms with Gasteiger partial charge in [0.1, 0.15) is 10.1 Å². The van der Waals surface area contributed by atoms with Crippen molar-refractivity contribution in [3.05, 3.63) is 0 Å². The van der Waals surface area contributed by atoms with Gasteiger partial charge in [0.25, 0.3) is 0 Å². The summed E-state index contributed by atoms with van der Waals surface area (Å²) in [6.45, 7) is 0. The molecule has 0 fully saturated rings. The summed E-state index contributed by atoms with van der Waals surface area (Å²) < 4.78 is 247. The summed E-state index contributed by atoms with van der Waals surface area (Å²) in [7, 11) is -9.17. The van der Waals surface area contributed by atoms with Crippen LogP contribution in [0.2, 0.25) is 0 Å². The monoisotopic (exact) mass is 499 g/mol. The fourth-order valence-electron chi connectivity index (χ4n) is 1.72. The SMILES string of the molecule is O=S(=O)([O-])C(F)(C(F)(F)C(F)(F)F)C(F)(C(F)(F)C(F)(F)F)C(F)(F)C(F)(F)F. The predicted molar refractivity (Wildman–Crippen MR) is 50.4 cm³/mol. The van der Waals surface area contributed by atoms with Crippen molar-refractivity contribution < 1.29 is 87.6 Å². The van der Waals surface area contributed by atoms with Gasteiger partial charge in [-0.2, -0.15) is 65.9 Å². The Bertz CT molecular complexity index is 701. The second kappa shape index (κ2) is 6.36. The normalized spacial score (nSPS) is 18.6. The van der Waals surface area contributed by atoms with Crippen molar-refractivity contribution in [2.24, 2.45) is 0 Å². The molecule has 0 aliphatic rings. The molecule has 176 valence electrons. The molecule has 0 saturated carbocycles. The molecule has 21 heteroatoms. The Morgan fingerprint density at radius 1 is 0.448 bits per heavy atom. The molecule has 0 saturated heterocycles. The summed E-state index contributed by atoms with van der Waals surface area (Å²) in [6, 6.07) is 0. The maximum absolute atomic E-state index is 14.0. The summed E-state index contributed by atoms with van der Waals surface area (Å²) in [4.78, 5) is 0. The lowest BCUT2D eigenvalue weighted by Gasteiger charge is -2.49. The molecule has 0 aliphatic heterocycles. The smallest absolute Gasteiger partial charge is 0.458 e. The molecule has 0 bridgehead atoms. The van der Waals surface area contributed by atoms with E-state index in [0.717, 1.165) is 0 Å². The third-order valence-corrected chi connectivity index (χ3v) is 4.35. The zero-order valence-electron chi connectivity index (χ0n) is 12.1. The van der Waals surface area contributed by atoms with E-state index in [2.05, 4.69) is 0 Å². The fourth-order valence-corrected chi connectivity index (χ4v) is 2.75. The maximum Gasteiger partial charge on any atom is 0.458 e. The highest BCUT2D eigenvalue weighted by Gasteiger charge is 3.00. The lowest BCUT2D eigenvalue weighted by Crippen LogP contribution is -2.82. The molecular formula is C8F17O3S-. The number of hydrogen-bond acceptors (Lipinski definition) is 3. The highest BCUT2D eigenvalue weighted by Crippen LogP contribution is 2.67. The van der Waals surface area contributed by atoms with Gasteiger partial charge in [0, 0.05) is 0 Å². The molecule has 3 nitrogen and oxygen atoms in total. The Morgan fingerprint density at radius 3 is 0.793 bits per heavy atom. The Hall–Kier alpha value is -1.28. The summed E-state index contributed by atoms with van der Waals surface area (Å²) in [6.07, 6.45) is -25.0. The highest BCUT2D eigenvalue weighted by molar-refractivity contribution is 7.87. The molecule has 29 heavy (non-hydrogen) atoms. The third-order valence-electron chi connectivity index (χ3n) is 3.12. The lowest BCUT2D eigenvalue weighted by molar-refractivity contribution is -0.444. The molecule has 0 rings (SSSR count). The van der Waals surface area contributed by atoms with E-state index in [1.54, 1.807) is 0 Å². The number of alkyl halides is 17. The van der Waals surface area contributed by atoms with Crippen molar-refractivity contribution in [3.63, 3.8) is 0 Å². The van der Waals surface area contributed by atoms with Gasteiger partial charge in [-0.05, 0) is 0 Å². The molecule has 0 aliphatic carbocycles. The molecule has 0 radical (unpaired) electrons. The van der Waals surface area contributed by atoms with Crippen LogP contribution in [0.25, 0.3) is 0 Å². The first kappa shape index (κ1) is 27.7. The second-order valence-electron chi connectivity index (χ2n) is 4.92. The van der Waals surface area contributed by atoms with Gasteiger partial charge in [-0.25, -0.2) is 17.2 Å². The van der Waals surface area contributed by atoms with Crippen LogP contribution in [0.15, 0.2) is 0 Å². The highest BCUT2D eigenvalue weighted by atomic mass is 32.2. The Labute approximate surface area is 146 Å². The fraction of sp³-hybridized carbons (Fsp3) is 1.00. The van der Waals surface area contributed by atoms with Gasteiger partial charge in [0.2, 0.25) is 0 Å². The quantitative estimate of drug-likeness (QED) is 0.414. The second-order valence-corrected chi connectivity index (χ2v) is 6.40. The maximum atomic E-state index is 14.0. The van der Waals surface area contributed by atoms with Crippen LogP contribution in [0.1, 0.15) is 0 Å². The summed E-state index contributed by atoms with van der Waals surface area (Å²) in [5.74, 6) is -26.7. The van der Waals surface area contributed by atoms with E-state index in [1.807, 2.05) is 0 Å². The van der Waals surface area contributed by atoms with Crippen LogP contribution in [-0.2, 0) is 10.1 Å². The molecular weight excluding hydrogens is 499 g/mol. The zero-order chi connectivity index (χ0) is 24.5. The van der Waals surface area contributed by atoms with E-state index in [9.17, 15) is 87.6 Å². The van der Waals surface area contributed by atoms with Crippen LogP contribution >= 0.6 is 0 Å². The lowest BCUT2D eigenvalue weighted by atomic mass is 9.80. The Morgan fingerprint density at radius 2 is 0.655 bits per heavy atom. The number of rotatable bonds is 5. The van der Waals surface area contributed by atoms with Gasteiger partial charge >= 0.3 is 47.0 Å². The van der Waals surface area contributed by atoms with E-state index in [4.69, 9.17) is 0 Å². The van der Waals surface area contributed by atoms with Crippen molar-refractivity contribution >= 4 is 10.1 Å². The molecule has 0 amide bonds. The average Bonchev–Trinajstić information content (AvgIpc) is 2.39. The third kappa shape index (κ3) is 3.26. The minimum Gasteiger partial charge on any atom is -0.745 e. The molecule has 0 aromatic rings. The summed E-state index contributed by atoms with van der Waals surface area (Å²) in [5.41, 5.74) is -9.41. The van der Waals surface area contributed by atoms with Crippen LogP contribution in [0.3, 0.4) is 0 Å². The van der Waals surface area contributed by atoms with Gasteiger partial charge in [0.05, 0.1) is 0 Å². The Balaban J connectivity index is 8.06. The first-order chi connectivity index (χ1) is 12.0. The van der Waals surface area contributed by atoms with Crippen molar-refractivity contribution in [3.8, 4) is 0 Å². The van der Waals surface area contributed by atoms with E-state index >= 15 is 0 Å². The summed E-state index contributed by atoms with van der Waals surface area (Å²) in [5, 5.41) is -9.09. The standard InChI is InChI=1S/C8HF17O3S/c9-1(2(10,11)6(17,18)19,3(12,13)7(20,21)22)5(16,29(26,27)28)4(14,15)8(23,24)25/h(H,26,27,28)/p-1. The molecule has 0 spiro atoms. The van der Waals surface area contributed by atoms with Crippen LogP contribution in [-0.4, -0.2) is 59.9 Å². The predicted octanol–water partition coefficient (Wildman–Crippen LogP) is 4.50. The van der Waals surface area contributed by atoms with Crippen molar-refractivity contribution in [1.82, 2.24) is 0 Å². The minimum atomic E-state index is -9.41. The molecule has 0 aromatic carbocycles. The van der Waals surface area contributed by atoms with Gasteiger partial charge in [-0.3, -0.25) is 0 Å². The molecule has 0 heterocycles. The van der Waals surface area contributed by atoms with Crippen LogP contribution in [0, 0.1) is 0 Å². The van der Waals surface area contributed by atoms with E-state index in [-0.39, 0.29) is 0 Å². The van der Waals surface area contributed by atoms with Crippen LogP contribution < -0.4 is 0 Å². The van der Waals surface area contributed by atoms with Gasteiger partial charge in [0.15, 0.2) is 0 Å².